The first-order chi connectivity index (χ1) is 8.86. The Labute approximate surface area is 123 Å². The number of benzene rings is 1. The number of aromatic nitrogens is 3. The third-order valence-corrected chi connectivity index (χ3v) is 2.56. The number of para-hydroxylation sites is 2. The lowest BCUT2D eigenvalue weighted by atomic mass is 10.3. The van der Waals surface area contributed by atoms with Crippen LogP contribution in [0.25, 0.3) is 0 Å². The van der Waals surface area contributed by atoms with Crippen molar-refractivity contribution in [2.24, 2.45) is 0 Å². The number of nitrogens with zero attached hydrogens (tertiary/aromatic N) is 3. The normalized spacial score (nSPS) is 11.3. The predicted molar refractivity (Wildman–Crippen MR) is 74.9 cm³/mol. The van der Waals surface area contributed by atoms with Crippen molar-refractivity contribution in [1.29, 1.82) is 0 Å². The fourth-order valence-electron chi connectivity index (χ4n) is 1.27. The van der Waals surface area contributed by atoms with E-state index in [1.807, 2.05) is 0 Å². The molecule has 1 heterocycles. The van der Waals surface area contributed by atoms with Crippen LogP contribution in [0.2, 0.25) is 0 Å². The number of anilines is 3. The highest BCUT2D eigenvalue weighted by Crippen LogP contribution is 2.36. The molecule has 0 aliphatic heterocycles. The van der Waals surface area contributed by atoms with E-state index in [0.717, 1.165) is 0 Å². The molecule has 9 heteroatoms. The molecule has 4 N–H and O–H groups in total. The second-order valence-electron chi connectivity index (χ2n) is 3.48. The van der Waals surface area contributed by atoms with Crippen LogP contribution in [0.1, 0.15) is 5.82 Å². The number of nitrogen functional groups attached to an aromatic ring is 1. The molecule has 0 aliphatic carbocycles. The molecule has 0 saturated carbocycles. The minimum absolute atomic E-state index is 0.0249. The molecule has 0 amide bonds. The van der Waals surface area contributed by atoms with E-state index in [1.54, 1.807) is 18.2 Å². The lowest BCUT2D eigenvalue weighted by molar-refractivity contribution is 0.477. The summed E-state index contributed by atoms with van der Waals surface area (Å²) < 4.78 is -1.81. The molecule has 0 atom stereocenters. The van der Waals surface area contributed by atoms with E-state index in [9.17, 15) is 5.11 Å². The van der Waals surface area contributed by atoms with Gasteiger partial charge in [-0.05, 0) is 12.1 Å². The molecule has 2 aromatic rings. The highest BCUT2D eigenvalue weighted by molar-refractivity contribution is 6.66. The Morgan fingerprint density at radius 2 is 1.79 bits per heavy atom. The van der Waals surface area contributed by atoms with Crippen LogP contribution in [0, 0.1) is 0 Å². The SMILES string of the molecule is Nc1nc(Nc2ccccc2O)nc(C(Cl)(Cl)Cl)n1. The van der Waals surface area contributed by atoms with E-state index in [4.69, 9.17) is 40.5 Å². The number of phenols is 1. The van der Waals surface area contributed by atoms with Crippen LogP contribution in [-0.4, -0.2) is 20.1 Å². The fourth-order valence-corrected chi connectivity index (χ4v) is 1.53. The molecule has 0 spiro atoms. The summed E-state index contributed by atoms with van der Waals surface area (Å²) in [5, 5.41) is 12.4. The first-order valence-corrected chi connectivity index (χ1v) is 6.13. The van der Waals surface area contributed by atoms with Crippen LogP contribution in [0.5, 0.6) is 5.75 Å². The third-order valence-electron chi connectivity index (χ3n) is 2.06. The van der Waals surface area contributed by atoms with E-state index in [2.05, 4.69) is 20.3 Å². The molecule has 2 rings (SSSR count). The van der Waals surface area contributed by atoms with Gasteiger partial charge < -0.3 is 16.2 Å². The number of nitrogens with one attached hydrogen (secondary N) is 1. The van der Waals surface area contributed by atoms with E-state index < -0.39 is 3.79 Å². The third kappa shape index (κ3) is 3.50. The average Bonchev–Trinajstić information content (AvgIpc) is 2.30. The van der Waals surface area contributed by atoms with Gasteiger partial charge in [0.05, 0.1) is 5.69 Å². The summed E-state index contributed by atoms with van der Waals surface area (Å²) in [7, 11) is 0. The number of phenolic OH excluding ortho intramolecular Hbond substituents is 1. The Bertz CT molecular complexity index is 602. The van der Waals surface area contributed by atoms with Gasteiger partial charge in [-0.1, -0.05) is 46.9 Å². The smallest absolute Gasteiger partial charge is 0.250 e. The standard InChI is InChI=1S/C10H8Cl3N5O/c11-10(12,13)7-16-8(14)18-9(17-7)15-5-3-1-2-4-6(5)19/h1-4,19H,(H3,14,15,16,17,18). The van der Waals surface area contributed by atoms with Crippen molar-refractivity contribution in [3.8, 4) is 5.75 Å². The molecule has 0 fully saturated rings. The van der Waals surface area contributed by atoms with Gasteiger partial charge >= 0.3 is 0 Å². The summed E-state index contributed by atoms with van der Waals surface area (Å²) in [5.41, 5.74) is 5.90. The Balaban J connectivity index is 2.36. The second-order valence-corrected chi connectivity index (χ2v) is 5.76. The van der Waals surface area contributed by atoms with Crippen molar-refractivity contribution in [3.05, 3.63) is 30.1 Å². The first-order valence-electron chi connectivity index (χ1n) is 5.00. The van der Waals surface area contributed by atoms with Crippen LogP contribution in [0.3, 0.4) is 0 Å². The molecule has 0 radical (unpaired) electrons. The summed E-state index contributed by atoms with van der Waals surface area (Å²) in [6, 6.07) is 6.53. The van der Waals surface area contributed by atoms with Crippen molar-refractivity contribution in [2.45, 2.75) is 3.79 Å². The largest absolute Gasteiger partial charge is 0.506 e. The van der Waals surface area contributed by atoms with Crippen LogP contribution >= 0.6 is 34.8 Å². The Kier molecular flexibility index (Phi) is 3.84. The molecule has 6 nitrogen and oxygen atoms in total. The molecule has 0 bridgehead atoms. The Hall–Kier alpha value is -1.50. The van der Waals surface area contributed by atoms with E-state index >= 15 is 0 Å². The van der Waals surface area contributed by atoms with Crippen LogP contribution in [0.15, 0.2) is 24.3 Å². The average molecular weight is 321 g/mol. The minimum Gasteiger partial charge on any atom is -0.506 e. The number of hydrogen-bond acceptors (Lipinski definition) is 6. The highest BCUT2D eigenvalue weighted by atomic mass is 35.6. The van der Waals surface area contributed by atoms with Gasteiger partial charge in [0.2, 0.25) is 15.7 Å². The minimum atomic E-state index is -1.81. The van der Waals surface area contributed by atoms with E-state index in [-0.39, 0.29) is 23.5 Å². The monoisotopic (exact) mass is 319 g/mol. The van der Waals surface area contributed by atoms with E-state index in [0.29, 0.717) is 5.69 Å². The molecular weight excluding hydrogens is 313 g/mol. The molecular formula is C10H8Cl3N5O. The van der Waals surface area contributed by atoms with Gasteiger partial charge in [0.15, 0.2) is 5.82 Å². The van der Waals surface area contributed by atoms with Crippen LogP contribution < -0.4 is 11.1 Å². The second kappa shape index (κ2) is 5.24. The number of halogens is 3. The molecule has 19 heavy (non-hydrogen) atoms. The summed E-state index contributed by atoms with van der Waals surface area (Å²) in [6.45, 7) is 0. The number of hydrogen-bond donors (Lipinski definition) is 3. The Morgan fingerprint density at radius 1 is 1.11 bits per heavy atom. The quantitative estimate of drug-likeness (QED) is 0.581. The van der Waals surface area contributed by atoms with Crippen LogP contribution in [0.4, 0.5) is 17.6 Å². The Morgan fingerprint density at radius 3 is 2.42 bits per heavy atom. The van der Waals surface area contributed by atoms with Crippen molar-refractivity contribution in [1.82, 2.24) is 15.0 Å². The molecule has 1 aromatic heterocycles. The lowest BCUT2D eigenvalue weighted by Crippen LogP contribution is -2.13. The summed E-state index contributed by atoms with van der Waals surface area (Å²) in [5.74, 6) is -0.121. The van der Waals surface area contributed by atoms with Crippen molar-refractivity contribution < 1.29 is 5.11 Å². The highest BCUT2D eigenvalue weighted by Gasteiger charge is 2.28. The number of alkyl halides is 3. The number of rotatable bonds is 2. The van der Waals surface area contributed by atoms with Crippen molar-refractivity contribution in [2.75, 3.05) is 11.1 Å². The maximum atomic E-state index is 9.63. The zero-order valence-electron chi connectivity index (χ0n) is 9.31. The fraction of sp³-hybridized carbons (Fsp3) is 0.100. The number of aromatic hydroxyl groups is 1. The molecule has 0 unspecified atom stereocenters. The zero-order chi connectivity index (χ0) is 14.0. The van der Waals surface area contributed by atoms with Gasteiger partial charge in [-0.25, -0.2) is 0 Å². The molecule has 100 valence electrons. The molecule has 0 aliphatic rings. The summed E-state index contributed by atoms with van der Waals surface area (Å²) in [4.78, 5) is 11.5. The van der Waals surface area contributed by atoms with Gasteiger partial charge in [0.1, 0.15) is 5.75 Å². The van der Waals surface area contributed by atoms with Crippen molar-refractivity contribution >= 4 is 52.4 Å². The van der Waals surface area contributed by atoms with Gasteiger partial charge in [-0.3, -0.25) is 0 Å². The van der Waals surface area contributed by atoms with Crippen molar-refractivity contribution in [3.63, 3.8) is 0 Å². The van der Waals surface area contributed by atoms with E-state index in [1.165, 1.54) is 6.07 Å². The van der Waals surface area contributed by atoms with Gasteiger partial charge in [0.25, 0.3) is 0 Å². The molecule has 1 aromatic carbocycles. The van der Waals surface area contributed by atoms with Gasteiger partial charge in [0, 0.05) is 0 Å². The lowest BCUT2D eigenvalue weighted by Gasteiger charge is -2.12. The van der Waals surface area contributed by atoms with Gasteiger partial charge in [-0.2, -0.15) is 15.0 Å². The summed E-state index contributed by atoms with van der Waals surface area (Å²) >= 11 is 17.0. The molecule has 0 saturated heterocycles. The predicted octanol–water partition coefficient (Wildman–Crippen LogP) is 2.73. The maximum Gasteiger partial charge on any atom is 0.250 e. The topological polar surface area (TPSA) is 97.0 Å². The maximum absolute atomic E-state index is 9.63. The van der Waals surface area contributed by atoms with Crippen LogP contribution in [-0.2, 0) is 3.79 Å². The first kappa shape index (κ1) is 13.9. The zero-order valence-corrected chi connectivity index (χ0v) is 11.6. The number of nitrogens with two attached hydrogens (primary N) is 1. The summed E-state index contributed by atoms with van der Waals surface area (Å²) in [6.07, 6.45) is 0. The van der Waals surface area contributed by atoms with Gasteiger partial charge in [-0.15, -0.1) is 0 Å².